The molecule has 7 nitrogen and oxygen atoms in total. The van der Waals surface area contributed by atoms with E-state index >= 15 is 0 Å². The van der Waals surface area contributed by atoms with Gasteiger partial charge in [0.2, 0.25) is 0 Å². The third kappa shape index (κ3) is 4.24. The molecule has 0 atom stereocenters. The highest BCUT2D eigenvalue weighted by Gasteiger charge is 2.23. The molecule has 1 aliphatic rings. The first kappa shape index (κ1) is 17.6. The Balaban J connectivity index is 1.62. The summed E-state index contributed by atoms with van der Waals surface area (Å²) in [5, 5.41) is 13.6. The minimum atomic E-state index is -0.459. The van der Waals surface area contributed by atoms with Crippen molar-refractivity contribution in [1.29, 1.82) is 0 Å². The summed E-state index contributed by atoms with van der Waals surface area (Å²) < 4.78 is 0. The number of non-ortho nitro benzene ring substituents is 1. The zero-order chi connectivity index (χ0) is 18.7. The molecule has 3 rings (SSSR count). The number of amides is 2. The molecule has 0 saturated heterocycles. The fourth-order valence-electron chi connectivity index (χ4n) is 2.55. The van der Waals surface area contributed by atoms with Crippen molar-refractivity contribution in [3.8, 4) is 0 Å². The van der Waals surface area contributed by atoms with E-state index in [1.807, 2.05) is 0 Å². The topological polar surface area (TPSA) is 92.5 Å². The Kier molecular flexibility index (Phi) is 4.97. The first-order chi connectivity index (χ1) is 12.4. The fraction of sp³-hybridized carbons (Fsp3) is 0.263. The van der Waals surface area contributed by atoms with Gasteiger partial charge >= 0.3 is 0 Å². The number of nitrogens with zero attached hydrogens (tertiary/aromatic N) is 2. The third-order valence-electron chi connectivity index (χ3n) is 4.22. The second kappa shape index (κ2) is 7.35. The summed E-state index contributed by atoms with van der Waals surface area (Å²) in [6.45, 7) is 0.334. The van der Waals surface area contributed by atoms with Crippen molar-refractivity contribution >= 4 is 17.5 Å². The van der Waals surface area contributed by atoms with E-state index < -0.39 is 4.92 Å². The first-order valence-electron chi connectivity index (χ1n) is 8.34. The van der Waals surface area contributed by atoms with Crippen LogP contribution in [0.15, 0.2) is 48.5 Å². The molecule has 134 valence electrons. The van der Waals surface area contributed by atoms with Crippen LogP contribution < -0.4 is 5.32 Å². The number of nitro benzene ring substituents is 1. The standard InChI is InChI=1S/C19H19N3O4/c1-21(12-13-2-10-17(11-3-13)22(25)26)19(24)15-6-4-14(5-7-15)18(23)20-16-8-9-16/h2-7,10-11,16H,8-9,12H2,1H3,(H,20,23). The summed E-state index contributed by atoms with van der Waals surface area (Å²) in [6, 6.07) is 12.9. The summed E-state index contributed by atoms with van der Waals surface area (Å²) in [5.41, 5.74) is 1.83. The van der Waals surface area contributed by atoms with Gasteiger partial charge in [0.1, 0.15) is 0 Å². The fourth-order valence-corrected chi connectivity index (χ4v) is 2.55. The Morgan fingerprint density at radius 3 is 2.19 bits per heavy atom. The van der Waals surface area contributed by atoms with Gasteiger partial charge in [-0.1, -0.05) is 12.1 Å². The zero-order valence-electron chi connectivity index (χ0n) is 14.3. The Bertz CT molecular complexity index is 827. The molecule has 0 radical (unpaired) electrons. The Labute approximate surface area is 150 Å². The second-order valence-electron chi connectivity index (χ2n) is 6.41. The quantitative estimate of drug-likeness (QED) is 0.638. The van der Waals surface area contributed by atoms with E-state index in [4.69, 9.17) is 0 Å². The molecule has 26 heavy (non-hydrogen) atoms. The van der Waals surface area contributed by atoms with Crippen molar-refractivity contribution in [3.05, 3.63) is 75.3 Å². The number of benzene rings is 2. The molecule has 2 aromatic carbocycles. The van der Waals surface area contributed by atoms with Crippen LogP contribution in [0.25, 0.3) is 0 Å². The van der Waals surface area contributed by atoms with Crippen LogP contribution in [0, 0.1) is 10.1 Å². The maximum atomic E-state index is 12.5. The largest absolute Gasteiger partial charge is 0.349 e. The lowest BCUT2D eigenvalue weighted by Crippen LogP contribution is -2.27. The number of hydrogen-bond acceptors (Lipinski definition) is 4. The van der Waals surface area contributed by atoms with Gasteiger partial charge in [-0.3, -0.25) is 19.7 Å². The van der Waals surface area contributed by atoms with Gasteiger partial charge in [0.15, 0.2) is 0 Å². The van der Waals surface area contributed by atoms with Gasteiger partial charge < -0.3 is 10.2 Å². The summed E-state index contributed by atoms with van der Waals surface area (Å²) in [4.78, 5) is 36.2. The van der Waals surface area contributed by atoms with Gasteiger partial charge in [-0.15, -0.1) is 0 Å². The van der Waals surface area contributed by atoms with E-state index in [1.165, 1.54) is 17.0 Å². The highest BCUT2D eigenvalue weighted by Crippen LogP contribution is 2.19. The Morgan fingerprint density at radius 2 is 1.65 bits per heavy atom. The molecule has 1 saturated carbocycles. The molecular formula is C19H19N3O4. The molecule has 0 unspecified atom stereocenters. The van der Waals surface area contributed by atoms with Crippen LogP contribution in [-0.2, 0) is 6.54 Å². The molecule has 1 fully saturated rings. The lowest BCUT2D eigenvalue weighted by Gasteiger charge is -2.17. The molecule has 1 aliphatic carbocycles. The molecule has 1 N–H and O–H groups in total. The van der Waals surface area contributed by atoms with Crippen LogP contribution in [0.4, 0.5) is 5.69 Å². The van der Waals surface area contributed by atoms with E-state index in [0.29, 0.717) is 17.7 Å². The van der Waals surface area contributed by atoms with Crippen molar-refractivity contribution in [2.24, 2.45) is 0 Å². The normalized spacial score (nSPS) is 13.1. The number of hydrogen-bond donors (Lipinski definition) is 1. The van der Waals surface area contributed by atoms with Crippen LogP contribution >= 0.6 is 0 Å². The number of nitrogens with one attached hydrogen (secondary N) is 1. The van der Waals surface area contributed by atoms with E-state index in [9.17, 15) is 19.7 Å². The Morgan fingerprint density at radius 1 is 1.08 bits per heavy atom. The Hall–Kier alpha value is -3.22. The van der Waals surface area contributed by atoms with Crippen molar-refractivity contribution < 1.29 is 14.5 Å². The van der Waals surface area contributed by atoms with Crippen molar-refractivity contribution in [2.75, 3.05) is 7.05 Å². The molecule has 2 amide bonds. The predicted molar refractivity (Wildman–Crippen MR) is 95.8 cm³/mol. The van der Waals surface area contributed by atoms with Gasteiger partial charge in [-0.25, -0.2) is 0 Å². The summed E-state index contributed by atoms with van der Waals surface area (Å²) >= 11 is 0. The molecule has 0 aliphatic heterocycles. The van der Waals surface area contributed by atoms with Crippen LogP contribution in [0.5, 0.6) is 0 Å². The van der Waals surface area contributed by atoms with Gasteiger partial charge in [-0.05, 0) is 42.7 Å². The average molecular weight is 353 g/mol. The monoisotopic (exact) mass is 353 g/mol. The molecular weight excluding hydrogens is 334 g/mol. The van der Waals surface area contributed by atoms with Gasteiger partial charge in [0.25, 0.3) is 17.5 Å². The smallest absolute Gasteiger partial charge is 0.269 e. The van der Waals surface area contributed by atoms with Gasteiger partial charge in [-0.2, -0.15) is 0 Å². The van der Waals surface area contributed by atoms with Crippen molar-refractivity contribution in [1.82, 2.24) is 10.2 Å². The second-order valence-corrected chi connectivity index (χ2v) is 6.41. The number of carbonyl (C=O) groups excluding carboxylic acids is 2. The number of nitro groups is 1. The van der Waals surface area contributed by atoms with Gasteiger partial charge in [0, 0.05) is 42.9 Å². The van der Waals surface area contributed by atoms with E-state index in [2.05, 4.69) is 5.32 Å². The van der Waals surface area contributed by atoms with Crippen LogP contribution in [0.1, 0.15) is 39.1 Å². The lowest BCUT2D eigenvalue weighted by molar-refractivity contribution is -0.384. The minimum Gasteiger partial charge on any atom is -0.349 e. The lowest BCUT2D eigenvalue weighted by atomic mass is 10.1. The maximum Gasteiger partial charge on any atom is 0.269 e. The SMILES string of the molecule is CN(Cc1ccc([N+](=O)[O-])cc1)C(=O)c1ccc(C(=O)NC2CC2)cc1. The summed E-state index contributed by atoms with van der Waals surface area (Å²) in [7, 11) is 1.66. The molecule has 0 heterocycles. The zero-order valence-corrected chi connectivity index (χ0v) is 14.3. The number of rotatable bonds is 6. The van der Waals surface area contributed by atoms with E-state index in [0.717, 1.165) is 18.4 Å². The van der Waals surface area contributed by atoms with Crippen LogP contribution in [-0.4, -0.2) is 34.7 Å². The van der Waals surface area contributed by atoms with Crippen molar-refractivity contribution in [2.45, 2.75) is 25.4 Å². The minimum absolute atomic E-state index is 0.0165. The van der Waals surface area contributed by atoms with Gasteiger partial charge in [0.05, 0.1) is 4.92 Å². The molecule has 0 spiro atoms. The maximum absolute atomic E-state index is 12.5. The van der Waals surface area contributed by atoms with E-state index in [1.54, 1.807) is 43.4 Å². The van der Waals surface area contributed by atoms with Crippen LogP contribution in [0.2, 0.25) is 0 Å². The summed E-state index contributed by atoms with van der Waals surface area (Å²) in [6.07, 6.45) is 2.05. The number of carbonyl (C=O) groups is 2. The third-order valence-corrected chi connectivity index (χ3v) is 4.22. The van der Waals surface area contributed by atoms with Crippen molar-refractivity contribution in [3.63, 3.8) is 0 Å². The average Bonchev–Trinajstić information content (AvgIpc) is 3.45. The highest BCUT2D eigenvalue weighted by molar-refractivity contribution is 5.97. The van der Waals surface area contributed by atoms with E-state index in [-0.39, 0.29) is 23.5 Å². The predicted octanol–water partition coefficient (Wildman–Crippen LogP) is 2.76. The first-order valence-corrected chi connectivity index (χ1v) is 8.34. The molecule has 0 aromatic heterocycles. The molecule has 0 bridgehead atoms. The molecule has 2 aromatic rings. The summed E-state index contributed by atoms with van der Waals surface area (Å²) in [5.74, 6) is -0.303. The highest BCUT2D eigenvalue weighted by atomic mass is 16.6. The molecule has 7 heteroatoms. The van der Waals surface area contributed by atoms with Crippen LogP contribution in [0.3, 0.4) is 0 Å².